The van der Waals surface area contributed by atoms with Crippen LogP contribution < -0.4 is 14.4 Å². The molecule has 0 spiro atoms. The molecule has 3 rings (SSSR count). The summed E-state index contributed by atoms with van der Waals surface area (Å²) in [7, 11) is -3.95. The first kappa shape index (κ1) is 18.2. The average molecular weight is 378 g/mol. The zero-order valence-electron chi connectivity index (χ0n) is 14.6. The predicted molar refractivity (Wildman–Crippen MR) is 96.5 cm³/mol. The number of aryl methyl sites for hydroxylation is 1. The van der Waals surface area contributed by atoms with Crippen molar-refractivity contribution in [2.75, 3.05) is 16.2 Å². The fourth-order valence-electron chi connectivity index (χ4n) is 2.75. The van der Waals surface area contributed by atoms with Crippen molar-refractivity contribution in [1.82, 2.24) is 0 Å². The fourth-order valence-corrected chi connectivity index (χ4v) is 3.82. The smallest absolute Gasteiger partial charge is 0.261 e. The predicted octanol–water partition coefficient (Wildman–Crippen LogP) is 3.07. The van der Waals surface area contributed by atoms with Crippen molar-refractivity contribution in [3.05, 3.63) is 47.8 Å². The van der Waals surface area contributed by atoms with Gasteiger partial charge >= 0.3 is 0 Å². The second kappa shape index (κ2) is 6.60. The first-order chi connectivity index (χ1) is 12.2. The van der Waals surface area contributed by atoms with Crippen molar-refractivity contribution < 1.29 is 22.3 Å². The highest BCUT2D eigenvalue weighted by Gasteiger charge is 2.28. The molecule has 6 nitrogen and oxygen atoms in total. The summed E-state index contributed by atoms with van der Waals surface area (Å²) in [6.45, 7) is 5.17. The standard InChI is InChI=1S/C18H19FN2O4S/c1-11-4-5-14(8-16(11)19)20-26(23,24)15-6-7-18-17(9-15)21(13(3)22)10-12(2)25-18/h4-9,12,20H,10H2,1-3H3. The van der Waals surface area contributed by atoms with Gasteiger partial charge < -0.3 is 9.64 Å². The zero-order chi connectivity index (χ0) is 19.1. The van der Waals surface area contributed by atoms with Gasteiger partial charge in [0.1, 0.15) is 17.7 Å². The molecule has 26 heavy (non-hydrogen) atoms. The van der Waals surface area contributed by atoms with Gasteiger partial charge in [-0.1, -0.05) is 6.07 Å². The highest BCUT2D eigenvalue weighted by atomic mass is 32.2. The number of ether oxygens (including phenoxy) is 1. The molecule has 0 saturated carbocycles. The Labute approximate surface area is 151 Å². The number of anilines is 2. The molecule has 1 atom stereocenters. The van der Waals surface area contributed by atoms with E-state index in [1.165, 1.54) is 42.2 Å². The van der Waals surface area contributed by atoms with Gasteiger partial charge in [-0.3, -0.25) is 9.52 Å². The maximum atomic E-state index is 13.7. The van der Waals surface area contributed by atoms with Crippen LogP contribution in [-0.2, 0) is 14.8 Å². The second-order valence-electron chi connectivity index (χ2n) is 6.26. The molecule has 0 radical (unpaired) electrons. The molecule has 0 aromatic heterocycles. The lowest BCUT2D eigenvalue weighted by Gasteiger charge is -2.33. The summed E-state index contributed by atoms with van der Waals surface area (Å²) in [5, 5.41) is 0. The number of nitrogens with one attached hydrogen (secondary N) is 1. The van der Waals surface area contributed by atoms with Crippen molar-refractivity contribution in [2.24, 2.45) is 0 Å². The van der Waals surface area contributed by atoms with E-state index in [2.05, 4.69) is 4.72 Å². The summed E-state index contributed by atoms with van der Waals surface area (Å²) in [5.41, 5.74) is 0.942. The summed E-state index contributed by atoms with van der Waals surface area (Å²) < 4.78 is 47.0. The molecule has 0 aliphatic carbocycles. The first-order valence-corrected chi connectivity index (χ1v) is 9.53. The number of nitrogens with zero attached hydrogens (tertiary/aromatic N) is 1. The number of rotatable bonds is 3. The zero-order valence-corrected chi connectivity index (χ0v) is 15.4. The number of fused-ring (bicyclic) bond motifs is 1. The molecule has 138 valence electrons. The maximum Gasteiger partial charge on any atom is 0.261 e. The number of hydrogen-bond donors (Lipinski definition) is 1. The third-order valence-electron chi connectivity index (χ3n) is 4.10. The summed E-state index contributed by atoms with van der Waals surface area (Å²) in [6.07, 6.45) is -0.192. The Morgan fingerprint density at radius 3 is 2.65 bits per heavy atom. The van der Waals surface area contributed by atoms with E-state index >= 15 is 0 Å². The van der Waals surface area contributed by atoms with Crippen LogP contribution in [0.5, 0.6) is 5.75 Å². The molecule has 0 bridgehead atoms. The molecule has 1 aliphatic rings. The summed E-state index contributed by atoms with van der Waals surface area (Å²) >= 11 is 0. The molecule has 2 aromatic carbocycles. The normalized spacial score (nSPS) is 16.6. The molecule has 2 aromatic rings. The molecular formula is C18H19FN2O4S. The van der Waals surface area contributed by atoms with E-state index in [4.69, 9.17) is 4.74 Å². The summed E-state index contributed by atoms with van der Waals surface area (Å²) in [4.78, 5) is 13.3. The monoisotopic (exact) mass is 378 g/mol. The SMILES string of the molecule is CC(=O)N1CC(C)Oc2ccc(S(=O)(=O)Nc3ccc(C)c(F)c3)cc21. The molecule has 8 heteroatoms. The lowest BCUT2D eigenvalue weighted by atomic mass is 10.2. The molecule has 1 N–H and O–H groups in total. The molecule has 1 amide bonds. The molecule has 0 saturated heterocycles. The van der Waals surface area contributed by atoms with Crippen LogP contribution in [-0.4, -0.2) is 27.0 Å². The van der Waals surface area contributed by atoms with E-state index in [0.717, 1.165) is 6.07 Å². The van der Waals surface area contributed by atoms with Gasteiger partial charge in [-0.05, 0) is 49.7 Å². The van der Waals surface area contributed by atoms with Gasteiger partial charge in [0.25, 0.3) is 10.0 Å². The molecule has 1 aliphatic heterocycles. The minimum atomic E-state index is -3.95. The van der Waals surface area contributed by atoms with Gasteiger partial charge in [0.05, 0.1) is 22.8 Å². The average Bonchev–Trinajstić information content (AvgIpc) is 2.56. The second-order valence-corrected chi connectivity index (χ2v) is 7.94. The Bertz CT molecular complexity index is 975. The number of sulfonamides is 1. The van der Waals surface area contributed by atoms with Crippen LogP contribution in [0, 0.1) is 12.7 Å². The van der Waals surface area contributed by atoms with Gasteiger partial charge in [0, 0.05) is 6.92 Å². The molecular weight excluding hydrogens is 359 g/mol. The Morgan fingerprint density at radius 1 is 1.27 bits per heavy atom. The molecule has 1 unspecified atom stereocenters. The lowest BCUT2D eigenvalue weighted by molar-refractivity contribution is -0.117. The van der Waals surface area contributed by atoms with Crippen LogP contribution in [0.1, 0.15) is 19.4 Å². The fraction of sp³-hybridized carbons (Fsp3) is 0.278. The number of carbonyl (C=O) groups is 1. The number of amides is 1. The Morgan fingerprint density at radius 2 is 2.00 bits per heavy atom. The van der Waals surface area contributed by atoms with E-state index in [9.17, 15) is 17.6 Å². The number of hydrogen-bond acceptors (Lipinski definition) is 4. The lowest BCUT2D eigenvalue weighted by Crippen LogP contribution is -2.41. The van der Waals surface area contributed by atoms with Crippen molar-refractivity contribution in [3.8, 4) is 5.75 Å². The Balaban J connectivity index is 1.97. The van der Waals surface area contributed by atoms with Crippen LogP contribution in [0.2, 0.25) is 0 Å². The summed E-state index contributed by atoms with van der Waals surface area (Å²) in [5.74, 6) is -0.260. The number of carbonyl (C=O) groups excluding carboxylic acids is 1. The van der Waals surface area contributed by atoms with E-state index in [-0.39, 0.29) is 22.6 Å². The third kappa shape index (κ3) is 3.50. The van der Waals surface area contributed by atoms with E-state index in [1.807, 2.05) is 6.92 Å². The van der Waals surface area contributed by atoms with Crippen LogP contribution in [0.25, 0.3) is 0 Å². The number of benzene rings is 2. The minimum Gasteiger partial charge on any atom is -0.487 e. The van der Waals surface area contributed by atoms with Crippen LogP contribution in [0.15, 0.2) is 41.3 Å². The van der Waals surface area contributed by atoms with Gasteiger partial charge in [0.15, 0.2) is 0 Å². The van der Waals surface area contributed by atoms with E-state index in [0.29, 0.717) is 23.5 Å². The Hall–Kier alpha value is -2.61. The van der Waals surface area contributed by atoms with Gasteiger partial charge in [-0.2, -0.15) is 0 Å². The minimum absolute atomic E-state index is 0.0402. The van der Waals surface area contributed by atoms with Gasteiger partial charge in [-0.15, -0.1) is 0 Å². The van der Waals surface area contributed by atoms with Crippen molar-refractivity contribution in [3.63, 3.8) is 0 Å². The van der Waals surface area contributed by atoms with Crippen LogP contribution in [0.4, 0.5) is 15.8 Å². The van der Waals surface area contributed by atoms with Crippen molar-refractivity contribution in [1.29, 1.82) is 0 Å². The largest absolute Gasteiger partial charge is 0.487 e. The van der Waals surface area contributed by atoms with Crippen LogP contribution >= 0.6 is 0 Å². The van der Waals surface area contributed by atoms with E-state index < -0.39 is 15.8 Å². The highest BCUT2D eigenvalue weighted by Crippen LogP contribution is 2.36. The third-order valence-corrected chi connectivity index (χ3v) is 5.48. The Kier molecular flexibility index (Phi) is 4.62. The first-order valence-electron chi connectivity index (χ1n) is 8.05. The maximum absolute atomic E-state index is 13.7. The van der Waals surface area contributed by atoms with Crippen molar-refractivity contribution >= 4 is 27.3 Å². The highest BCUT2D eigenvalue weighted by molar-refractivity contribution is 7.92. The van der Waals surface area contributed by atoms with Crippen molar-refractivity contribution in [2.45, 2.75) is 31.8 Å². The number of halogens is 1. The van der Waals surface area contributed by atoms with Gasteiger partial charge in [-0.25, -0.2) is 12.8 Å². The van der Waals surface area contributed by atoms with E-state index in [1.54, 1.807) is 6.92 Å². The molecule has 1 heterocycles. The quantitative estimate of drug-likeness (QED) is 0.891. The van der Waals surface area contributed by atoms with Crippen LogP contribution in [0.3, 0.4) is 0 Å². The van der Waals surface area contributed by atoms with Gasteiger partial charge in [0.2, 0.25) is 5.91 Å². The molecule has 0 fully saturated rings. The topological polar surface area (TPSA) is 75.7 Å². The summed E-state index contributed by atoms with van der Waals surface area (Å²) in [6, 6.07) is 8.40.